The van der Waals surface area contributed by atoms with E-state index in [0.29, 0.717) is 29.4 Å². The summed E-state index contributed by atoms with van der Waals surface area (Å²) in [5.74, 6) is 0.651. The Hall–Kier alpha value is -1.29. The highest BCUT2D eigenvalue weighted by molar-refractivity contribution is 7.91. The van der Waals surface area contributed by atoms with Gasteiger partial charge in [0.1, 0.15) is 16.4 Å². The molecule has 2 aromatic heterocycles. The monoisotopic (exact) mass is 301 g/mol. The van der Waals surface area contributed by atoms with Crippen LogP contribution < -0.4 is 10.5 Å². The summed E-state index contributed by atoms with van der Waals surface area (Å²) < 4.78 is 26.8. The first-order chi connectivity index (χ1) is 9.12. The molecule has 0 aromatic carbocycles. The van der Waals surface area contributed by atoms with Crippen LogP contribution in [-0.4, -0.2) is 36.7 Å². The van der Waals surface area contributed by atoms with Gasteiger partial charge in [-0.25, -0.2) is 18.1 Å². The number of hydrogen-bond acceptors (Lipinski definition) is 6. The lowest BCUT2D eigenvalue weighted by Gasteiger charge is -2.02. The SMILES string of the molecule is NCCc1ccc(S(=O)(=O)NCCc2ncn[nH]2)s1. The Morgan fingerprint density at radius 3 is 2.89 bits per heavy atom. The summed E-state index contributed by atoms with van der Waals surface area (Å²) in [6, 6.07) is 3.40. The van der Waals surface area contributed by atoms with Crippen LogP contribution >= 0.6 is 11.3 Å². The predicted octanol–water partition coefficient (Wildman–Crippen LogP) is -0.112. The highest BCUT2D eigenvalue weighted by Crippen LogP contribution is 2.21. The number of nitrogens with two attached hydrogens (primary N) is 1. The van der Waals surface area contributed by atoms with Gasteiger partial charge in [0.2, 0.25) is 10.0 Å². The molecule has 0 aliphatic carbocycles. The van der Waals surface area contributed by atoms with Crippen LogP contribution in [0, 0.1) is 0 Å². The molecular weight excluding hydrogens is 286 g/mol. The molecule has 4 N–H and O–H groups in total. The number of hydrogen-bond donors (Lipinski definition) is 3. The van der Waals surface area contributed by atoms with E-state index in [4.69, 9.17) is 5.73 Å². The molecule has 2 heterocycles. The summed E-state index contributed by atoms with van der Waals surface area (Å²) in [6.45, 7) is 0.792. The maximum Gasteiger partial charge on any atom is 0.250 e. The van der Waals surface area contributed by atoms with Crippen LogP contribution in [0.25, 0.3) is 0 Å². The molecule has 0 bridgehead atoms. The molecule has 0 aliphatic heterocycles. The molecule has 2 rings (SSSR count). The van der Waals surface area contributed by atoms with Gasteiger partial charge < -0.3 is 5.73 Å². The average Bonchev–Trinajstić information content (AvgIpc) is 3.00. The number of rotatable bonds is 7. The van der Waals surface area contributed by atoms with Crippen LogP contribution in [0.4, 0.5) is 0 Å². The van der Waals surface area contributed by atoms with Gasteiger partial charge in [0.25, 0.3) is 0 Å². The molecule has 0 fully saturated rings. The molecule has 104 valence electrons. The second-order valence-corrected chi connectivity index (χ2v) is 7.00. The Kier molecular flexibility index (Phi) is 4.64. The van der Waals surface area contributed by atoms with E-state index >= 15 is 0 Å². The van der Waals surface area contributed by atoms with Gasteiger partial charge in [0, 0.05) is 17.8 Å². The van der Waals surface area contributed by atoms with Crippen molar-refractivity contribution in [3.8, 4) is 0 Å². The predicted molar refractivity (Wildman–Crippen MR) is 72.4 cm³/mol. The maximum atomic E-state index is 12.0. The zero-order valence-corrected chi connectivity index (χ0v) is 11.8. The summed E-state index contributed by atoms with van der Waals surface area (Å²) in [4.78, 5) is 4.89. The van der Waals surface area contributed by atoms with Crippen molar-refractivity contribution in [3.05, 3.63) is 29.2 Å². The third kappa shape index (κ3) is 3.83. The fourth-order valence-corrected chi connectivity index (χ4v) is 3.95. The van der Waals surface area contributed by atoms with E-state index < -0.39 is 10.0 Å². The fourth-order valence-electron chi connectivity index (χ4n) is 1.51. The number of aromatic amines is 1. The van der Waals surface area contributed by atoms with Crippen LogP contribution in [0.15, 0.2) is 22.7 Å². The zero-order valence-electron chi connectivity index (χ0n) is 10.2. The summed E-state index contributed by atoms with van der Waals surface area (Å²) in [6.07, 6.45) is 2.56. The van der Waals surface area contributed by atoms with Crippen LogP contribution in [0.1, 0.15) is 10.7 Å². The summed E-state index contributed by atoms with van der Waals surface area (Å²) in [7, 11) is -3.45. The van der Waals surface area contributed by atoms with Gasteiger partial charge in [0.05, 0.1) is 0 Å². The third-order valence-corrected chi connectivity index (χ3v) is 5.51. The zero-order chi connectivity index (χ0) is 13.7. The minimum absolute atomic E-state index is 0.279. The summed E-state index contributed by atoms with van der Waals surface area (Å²) >= 11 is 1.25. The molecule has 0 spiro atoms. The number of H-pyrrole nitrogens is 1. The minimum Gasteiger partial charge on any atom is -0.330 e. The molecule has 0 saturated carbocycles. The highest BCUT2D eigenvalue weighted by Gasteiger charge is 2.16. The molecule has 0 unspecified atom stereocenters. The van der Waals surface area contributed by atoms with E-state index in [0.717, 1.165) is 4.88 Å². The van der Waals surface area contributed by atoms with Crippen molar-refractivity contribution in [2.24, 2.45) is 5.73 Å². The number of aromatic nitrogens is 3. The van der Waals surface area contributed by atoms with Gasteiger partial charge in [-0.3, -0.25) is 5.10 Å². The van der Waals surface area contributed by atoms with Gasteiger partial charge in [-0.15, -0.1) is 11.3 Å². The molecule has 0 aliphatic rings. The van der Waals surface area contributed by atoms with Gasteiger partial charge in [0.15, 0.2) is 0 Å². The molecule has 0 radical (unpaired) electrons. The van der Waals surface area contributed by atoms with Gasteiger partial charge in [-0.05, 0) is 25.1 Å². The summed E-state index contributed by atoms with van der Waals surface area (Å²) in [5, 5.41) is 6.37. The standard InChI is InChI=1S/C10H15N5O2S2/c11-5-3-8-1-2-10(18-8)19(16,17)14-6-4-9-12-7-13-15-9/h1-2,7,14H,3-6,11H2,(H,12,13,15). The molecule has 2 aromatic rings. The van der Waals surface area contributed by atoms with E-state index in [1.54, 1.807) is 12.1 Å². The highest BCUT2D eigenvalue weighted by atomic mass is 32.2. The Bertz CT molecular complexity index is 606. The molecular formula is C10H15N5O2S2. The second-order valence-electron chi connectivity index (χ2n) is 3.84. The first kappa shape index (κ1) is 14.1. The van der Waals surface area contributed by atoms with Crippen molar-refractivity contribution in [2.45, 2.75) is 17.1 Å². The van der Waals surface area contributed by atoms with Crippen molar-refractivity contribution >= 4 is 21.4 Å². The normalized spacial score (nSPS) is 11.8. The molecule has 19 heavy (non-hydrogen) atoms. The largest absolute Gasteiger partial charge is 0.330 e. The Morgan fingerprint density at radius 1 is 1.37 bits per heavy atom. The van der Waals surface area contributed by atoms with E-state index in [2.05, 4.69) is 19.9 Å². The smallest absolute Gasteiger partial charge is 0.250 e. The number of nitrogens with one attached hydrogen (secondary N) is 2. The summed E-state index contributed by atoms with van der Waals surface area (Å²) in [5.41, 5.74) is 5.44. The van der Waals surface area contributed by atoms with Crippen LogP contribution in [0.2, 0.25) is 0 Å². The van der Waals surface area contributed by atoms with Gasteiger partial charge in [-0.1, -0.05) is 0 Å². The molecule has 7 nitrogen and oxygen atoms in total. The van der Waals surface area contributed by atoms with Gasteiger partial charge >= 0.3 is 0 Å². The lowest BCUT2D eigenvalue weighted by molar-refractivity contribution is 0.583. The lowest BCUT2D eigenvalue weighted by Crippen LogP contribution is -2.25. The van der Waals surface area contributed by atoms with E-state index in [-0.39, 0.29) is 6.54 Å². The minimum atomic E-state index is -3.45. The van der Waals surface area contributed by atoms with Crippen LogP contribution in [0.3, 0.4) is 0 Å². The topological polar surface area (TPSA) is 114 Å². The average molecular weight is 301 g/mol. The third-order valence-electron chi connectivity index (χ3n) is 2.41. The maximum absolute atomic E-state index is 12.0. The number of thiophene rings is 1. The van der Waals surface area contributed by atoms with E-state index in [9.17, 15) is 8.42 Å². The Labute approximate surface area is 115 Å². The van der Waals surface area contributed by atoms with Crippen molar-refractivity contribution in [3.63, 3.8) is 0 Å². The van der Waals surface area contributed by atoms with Crippen molar-refractivity contribution < 1.29 is 8.42 Å². The molecule has 9 heteroatoms. The molecule has 0 atom stereocenters. The van der Waals surface area contributed by atoms with Crippen molar-refractivity contribution in [1.82, 2.24) is 19.9 Å². The van der Waals surface area contributed by atoms with Crippen molar-refractivity contribution in [1.29, 1.82) is 0 Å². The Morgan fingerprint density at radius 2 is 2.21 bits per heavy atom. The lowest BCUT2D eigenvalue weighted by atomic mass is 10.3. The van der Waals surface area contributed by atoms with E-state index in [1.807, 2.05) is 0 Å². The Balaban J connectivity index is 1.93. The fraction of sp³-hybridized carbons (Fsp3) is 0.400. The first-order valence-electron chi connectivity index (χ1n) is 5.74. The van der Waals surface area contributed by atoms with Crippen molar-refractivity contribution in [2.75, 3.05) is 13.1 Å². The first-order valence-corrected chi connectivity index (χ1v) is 8.04. The second kappa shape index (κ2) is 6.24. The van der Waals surface area contributed by atoms with Crippen LogP contribution in [0.5, 0.6) is 0 Å². The van der Waals surface area contributed by atoms with Crippen LogP contribution in [-0.2, 0) is 22.9 Å². The number of sulfonamides is 1. The quantitative estimate of drug-likeness (QED) is 0.660. The van der Waals surface area contributed by atoms with E-state index in [1.165, 1.54) is 17.7 Å². The number of nitrogens with zero attached hydrogens (tertiary/aromatic N) is 2. The van der Waals surface area contributed by atoms with Gasteiger partial charge in [-0.2, -0.15) is 5.10 Å². The molecule has 0 amide bonds. The molecule has 0 saturated heterocycles.